The topological polar surface area (TPSA) is 24.9 Å². The molecule has 0 aliphatic heterocycles. The minimum absolute atomic E-state index is 0.976. The number of nitrogens with one attached hydrogen (secondary N) is 1. The Morgan fingerprint density at radius 3 is 3.00 bits per heavy atom. The fraction of sp³-hybridized carbons (Fsp3) is 0.727. The Balaban J connectivity index is 2.23. The Labute approximate surface area is 101 Å². The average Bonchev–Trinajstić information content (AvgIpc) is 2.67. The van der Waals surface area contributed by atoms with E-state index in [4.69, 9.17) is 0 Å². The van der Waals surface area contributed by atoms with Crippen molar-refractivity contribution in [2.75, 3.05) is 12.3 Å². The van der Waals surface area contributed by atoms with Crippen LogP contribution in [0.5, 0.6) is 0 Å². The van der Waals surface area contributed by atoms with Crippen LogP contribution < -0.4 is 5.32 Å². The molecule has 0 aliphatic rings. The maximum absolute atomic E-state index is 4.42. The van der Waals surface area contributed by atoms with Crippen molar-refractivity contribution in [1.82, 2.24) is 10.3 Å². The molecule has 15 heavy (non-hydrogen) atoms. The molecule has 0 saturated heterocycles. The number of nitrogens with zero attached hydrogens (tertiary/aromatic N) is 1. The number of thioether (sulfide) groups is 1. The van der Waals surface area contributed by atoms with Gasteiger partial charge in [0.05, 0.1) is 0 Å². The van der Waals surface area contributed by atoms with E-state index in [2.05, 4.69) is 24.1 Å². The third-order valence-corrected chi connectivity index (χ3v) is 4.26. The molecule has 1 aromatic rings. The average molecular weight is 244 g/mol. The second-order valence-electron chi connectivity index (χ2n) is 3.45. The van der Waals surface area contributed by atoms with E-state index in [1.54, 1.807) is 0 Å². The Kier molecular flexibility index (Phi) is 7.05. The van der Waals surface area contributed by atoms with Crippen molar-refractivity contribution in [1.29, 1.82) is 0 Å². The molecule has 0 unspecified atom stereocenters. The van der Waals surface area contributed by atoms with Crippen molar-refractivity contribution in [3.05, 3.63) is 16.1 Å². The Hall–Kier alpha value is -0.0600. The zero-order valence-corrected chi connectivity index (χ0v) is 11.2. The fourth-order valence-corrected chi connectivity index (χ4v) is 3.04. The molecule has 4 heteroatoms. The predicted octanol–water partition coefficient (Wildman–Crippen LogP) is 3.29. The van der Waals surface area contributed by atoms with E-state index in [-0.39, 0.29) is 0 Å². The normalized spacial score (nSPS) is 10.8. The van der Waals surface area contributed by atoms with Crippen LogP contribution in [0, 0.1) is 0 Å². The van der Waals surface area contributed by atoms with Gasteiger partial charge in [-0.05, 0) is 25.1 Å². The van der Waals surface area contributed by atoms with Crippen LogP contribution in [0.2, 0.25) is 0 Å². The van der Waals surface area contributed by atoms with Crippen LogP contribution in [-0.4, -0.2) is 17.3 Å². The summed E-state index contributed by atoms with van der Waals surface area (Å²) in [6, 6.07) is 0. The van der Waals surface area contributed by atoms with Crippen LogP contribution in [0.1, 0.15) is 36.6 Å². The molecule has 0 saturated carbocycles. The summed E-state index contributed by atoms with van der Waals surface area (Å²) in [5, 5.41) is 4.66. The zero-order valence-electron chi connectivity index (χ0n) is 9.58. The molecule has 1 heterocycles. The number of hydrogen-bond acceptors (Lipinski definition) is 4. The van der Waals surface area contributed by atoms with Crippen molar-refractivity contribution in [2.24, 2.45) is 0 Å². The number of thiazole rings is 1. The fourth-order valence-electron chi connectivity index (χ4n) is 1.19. The van der Waals surface area contributed by atoms with Gasteiger partial charge in [-0.3, -0.25) is 0 Å². The van der Waals surface area contributed by atoms with Gasteiger partial charge in [-0.15, -0.1) is 11.3 Å². The van der Waals surface area contributed by atoms with Crippen LogP contribution >= 0.6 is 23.1 Å². The summed E-state index contributed by atoms with van der Waals surface area (Å²) in [5.74, 6) is 2.31. The molecule has 0 aromatic carbocycles. The lowest BCUT2D eigenvalue weighted by molar-refractivity contribution is 0.681. The summed E-state index contributed by atoms with van der Waals surface area (Å²) < 4.78 is 0. The van der Waals surface area contributed by atoms with Gasteiger partial charge in [0.2, 0.25) is 0 Å². The first-order chi connectivity index (χ1) is 7.36. The van der Waals surface area contributed by atoms with Gasteiger partial charge in [0.1, 0.15) is 5.01 Å². The van der Waals surface area contributed by atoms with Gasteiger partial charge < -0.3 is 5.32 Å². The number of rotatable bonds is 8. The van der Waals surface area contributed by atoms with E-state index in [0.717, 1.165) is 18.8 Å². The summed E-state index contributed by atoms with van der Waals surface area (Å²) >= 11 is 3.81. The quantitative estimate of drug-likeness (QED) is 0.710. The Morgan fingerprint density at radius 1 is 1.40 bits per heavy atom. The van der Waals surface area contributed by atoms with E-state index < -0.39 is 0 Å². The lowest BCUT2D eigenvalue weighted by Crippen LogP contribution is -2.12. The SMILES string of the molecule is CCCNCc1cnc(CSCCC)s1. The molecule has 0 radical (unpaired) electrons. The second-order valence-corrected chi connectivity index (χ2v) is 5.75. The predicted molar refractivity (Wildman–Crippen MR) is 70.6 cm³/mol. The molecular weight excluding hydrogens is 224 g/mol. The molecule has 0 amide bonds. The van der Waals surface area contributed by atoms with Crippen molar-refractivity contribution in [2.45, 2.75) is 39.0 Å². The van der Waals surface area contributed by atoms with Gasteiger partial charge in [0, 0.05) is 23.4 Å². The van der Waals surface area contributed by atoms with E-state index in [0.29, 0.717) is 0 Å². The standard InChI is InChI=1S/C11H20N2S2/c1-3-5-12-7-10-8-13-11(15-10)9-14-6-4-2/h8,12H,3-7,9H2,1-2H3. The van der Waals surface area contributed by atoms with Crippen LogP contribution in [0.3, 0.4) is 0 Å². The summed E-state index contributed by atoms with van der Waals surface area (Å²) in [4.78, 5) is 5.78. The third-order valence-electron chi connectivity index (χ3n) is 1.90. The van der Waals surface area contributed by atoms with E-state index in [1.165, 1.54) is 28.5 Å². The van der Waals surface area contributed by atoms with Gasteiger partial charge in [-0.25, -0.2) is 4.98 Å². The largest absolute Gasteiger partial charge is 0.312 e. The first kappa shape index (κ1) is 13.0. The number of hydrogen-bond donors (Lipinski definition) is 1. The highest BCUT2D eigenvalue weighted by Crippen LogP contribution is 2.18. The van der Waals surface area contributed by atoms with E-state index in [9.17, 15) is 0 Å². The van der Waals surface area contributed by atoms with Crippen molar-refractivity contribution < 1.29 is 0 Å². The molecule has 0 atom stereocenters. The molecule has 2 nitrogen and oxygen atoms in total. The summed E-state index contributed by atoms with van der Waals surface area (Å²) in [5.41, 5.74) is 0. The molecule has 1 N–H and O–H groups in total. The van der Waals surface area contributed by atoms with Crippen molar-refractivity contribution in [3.63, 3.8) is 0 Å². The number of aromatic nitrogens is 1. The molecular formula is C11H20N2S2. The molecule has 1 aromatic heterocycles. The van der Waals surface area contributed by atoms with Crippen LogP contribution in [0.25, 0.3) is 0 Å². The van der Waals surface area contributed by atoms with Crippen molar-refractivity contribution in [3.8, 4) is 0 Å². The smallest absolute Gasteiger partial charge is 0.103 e. The van der Waals surface area contributed by atoms with Gasteiger partial charge in [-0.2, -0.15) is 11.8 Å². The minimum Gasteiger partial charge on any atom is -0.312 e. The van der Waals surface area contributed by atoms with Crippen LogP contribution in [0.4, 0.5) is 0 Å². The van der Waals surface area contributed by atoms with E-state index in [1.807, 2.05) is 29.3 Å². The van der Waals surface area contributed by atoms with Gasteiger partial charge in [-0.1, -0.05) is 13.8 Å². The lowest BCUT2D eigenvalue weighted by Gasteiger charge is -1.98. The summed E-state index contributed by atoms with van der Waals surface area (Å²) in [6.07, 6.45) is 4.45. The van der Waals surface area contributed by atoms with Gasteiger partial charge in [0.15, 0.2) is 0 Å². The highest BCUT2D eigenvalue weighted by molar-refractivity contribution is 7.98. The molecule has 0 bridgehead atoms. The molecule has 0 spiro atoms. The monoisotopic (exact) mass is 244 g/mol. The van der Waals surface area contributed by atoms with Crippen LogP contribution in [0.15, 0.2) is 6.20 Å². The maximum atomic E-state index is 4.42. The van der Waals surface area contributed by atoms with E-state index >= 15 is 0 Å². The van der Waals surface area contributed by atoms with Crippen LogP contribution in [-0.2, 0) is 12.3 Å². The molecule has 0 aliphatic carbocycles. The highest BCUT2D eigenvalue weighted by atomic mass is 32.2. The van der Waals surface area contributed by atoms with Gasteiger partial charge >= 0.3 is 0 Å². The Bertz CT molecular complexity index is 236. The first-order valence-electron chi connectivity index (χ1n) is 5.58. The highest BCUT2D eigenvalue weighted by Gasteiger charge is 2.01. The summed E-state index contributed by atoms with van der Waals surface area (Å²) in [6.45, 7) is 6.48. The maximum Gasteiger partial charge on any atom is 0.103 e. The lowest BCUT2D eigenvalue weighted by atomic mass is 10.4. The minimum atomic E-state index is 0.976. The zero-order chi connectivity index (χ0) is 10.9. The summed E-state index contributed by atoms with van der Waals surface area (Å²) in [7, 11) is 0. The second kappa shape index (κ2) is 8.13. The molecule has 1 rings (SSSR count). The third kappa shape index (κ3) is 5.54. The first-order valence-corrected chi connectivity index (χ1v) is 7.56. The van der Waals surface area contributed by atoms with Gasteiger partial charge in [0.25, 0.3) is 0 Å². The molecule has 0 fully saturated rings. The molecule has 86 valence electrons. The Morgan fingerprint density at radius 2 is 2.27 bits per heavy atom. The van der Waals surface area contributed by atoms with Crippen molar-refractivity contribution >= 4 is 23.1 Å².